The third kappa shape index (κ3) is 3.86. The number of hydrogen-bond acceptors (Lipinski definition) is 5. The Balaban J connectivity index is 1.89. The van der Waals surface area contributed by atoms with Gasteiger partial charge in [0.1, 0.15) is 11.4 Å². The van der Waals surface area contributed by atoms with E-state index in [0.717, 1.165) is 21.8 Å². The van der Waals surface area contributed by atoms with E-state index in [-0.39, 0.29) is 5.91 Å². The van der Waals surface area contributed by atoms with Crippen LogP contribution in [0.4, 0.5) is 10.5 Å². The van der Waals surface area contributed by atoms with Crippen LogP contribution in [-0.4, -0.2) is 24.7 Å². The molecule has 2 amide bonds. The largest absolute Gasteiger partial charge is 0.497 e. The number of para-hydroxylation sites is 1. The standard InChI is InChI=1S/C26H25NO4S/c1-25(2,3)31-24(29)27-22-13-9-8-12-21(22)26(23(27)28,18-10-6-5-7-11-18)32-20-16-14-19(30-4)15-17-20/h5-17H,1-4H3/t26-/m1/s1. The number of anilines is 1. The highest BCUT2D eigenvalue weighted by molar-refractivity contribution is 8.01. The quantitative estimate of drug-likeness (QED) is 0.490. The average Bonchev–Trinajstić information content (AvgIpc) is 3.02. The maximum absolute atomic E-state index is 14.1. The first-order valence-corrected chi connectivity index (χ1v) is 11.1. The molecule has 0 unspecified atom stereocenters. The molecule has 4 rings (SSSR count). The number of carbonyl (C=O) groups is 2. The zero-order valence-corrected chi connectivity index (χ0v) is 19.3. The lowest BCUT2D eigenvalue weighted by molar-refractivity contribution is -0.119. The Morgan fingerprint density at radius 3 is 2.16 bits per heavy atom. The van der Waals surface area contributed by atoms with Gasteiger partial charge in [-0.2, -0.15) is 0 Å². The number of thioether (sulfide) groups is 1. The van der Waals surface area contributed by atoms with Gasteiger partial charge in [0.2, 0.25) is 0 Å². The number of imide groups is 1. The van der Waals surface area contributed by atoms with Crippen LogP contribution < -0.4 is 9.64 Å². The molecule has 1 atom stereocenters. The Morgan fingerprint density at radius 2 is 1.53 bits per heavy atom. The summed E-state index contributed by atoms with van der Waals surface area (Å²) in [6, 6.07) is 24.5. The summed E-state index contributed by atoms with van der Waals surface area (Å²) in [4.78, 5) is 29.3. The Bertz CT molecular complexity index is 1140. The minimum absolute atomic E-state index is 0.347. The fraction of sp³-hybridized carbons (Fsp3) is 0.231. The minimum atomic E-state index is -1.14. The summed E-state index contributed by atoms with van der Waals surface area (Å²) in [6.45, 7) is 5.36. The molecular weight excluding hydrogens is 422 g/mol. The number of fused-ring (bicyclic) bond motifs is 1. The average molecular weight is 448 g/mol. The van der Waals surface area contributed by atoms with Gasteiger partial charge in [-0.05, 0) is 56.7 Å². The second-order valence-corrected chi connectivity index (χ2v) is 9.75. The fourth-order valence-corrected chi connectivity index (χ4v) is 5.11. The summed E-state index contributed by atoms with van der Waals surface area (Å²) >= 11 is 1.41. The first-order chi connectivity index (χ1) is 15.3. The molecule has 164 valence electrons. The van der Waals surface area contributed by atoms with Gasteiger partial charge in [0, 0.05) is 10.5 Å². The van der Waals surface area contributed by atoms with Crippen molar-refractivity contribution in [1.82, 2.24) is 0 Å². The maximum atomic E-state index is 14.1. The van der Waals surface area contributed by atoms with Crippen LogP contribution in [-0.2, 0) is 14.3 Å². The predicted octanol–water partition coefficient (Wildman–Crippen LogP) is 6.01. The molecule has 1 aliphatic heterocycles. The van der Waals surface area contributed by atoms with Crippen molar-refractivity contribution < 1.29 is 19.1 Å². The van der Waals surface area contributed by atoms with Crippen LogP contribution >= 0.6 is 11.8 Å². The summed E-state index contributed by atoms with van der Waals surface area (Å²) in [5.74, 6) is 0.386. The molecule has 0 spiro atoms. The van der Waals surface area contributed by atoms with E-state index in [4.69, 9.17) is 9.47 Å². The highest BCUT2D eigenvalue weighted by Gasteiger charge is 2.55. The molecule has 3 aromatic rings. The van der Waals surface area contributed by atoms with Gasteiger partial charge >= 0.3 is 6.09 Å². The third-order valence-electron chi connectivity index (χ3n) is 5.12. The number of rotatable bonds is 4. The molecule has 32 heavy (non-hydrogen) atoms. The third-order valence-corrected chi connectivity index (χ3v) is 6.56. The van der Waals surface area contributed by atoms with E-state index in [1.54, 1.807) is 33.9 Å². The van der Waals surface area contributed by atoms with Gasteiger partial charge in [0.15, 0.2) is 4.75 Å². The SMILES string of the molecule is COc1ccc(S[C@@]2(c3ccccc3)C(=O)N(C(=O)OC(C)(C)C)c3ccccc32)cc1. The van der Waals surface area contributed by atoms with Crippen molar-refractivity contribution in [2.75, 3.05) is 12.0 Å². The van der Waals surface area contributed by atoms with Gasteiger partial charge in [-0.15, -0.1) is 0 Å². The zero-order valence-electron chi connectivity index (χ0n) is 18.5. The van der Waals surface area contributed by atoms with Crippen molar-refractivity contribution in [3.8, 4) is 5.75 Å². The summed E-state index contributed by atoms with van der Waals surface area (Å²) in [7, 11) is 1.61. The predicted molar refractivity (Wildman–Crippen MR) is 126 cm³/mol. The van der Waals surface area contributed by atoms with Gasteiger partial charge in [-0.3, -0.25) is 4.79 Å². The molecule has 3 aromatic carbocycles. The molecule has 0 aromatic heterocycles. The van der Waals surface area contributed by atoms with Gasteiger partial charge in [0.25, 0.3) is 5.91 Å². The number of amides is 2. The van der Waals surface area contributed by atoms with Crippen molar-refractivity contribution in [1.29, 1.82) is 0 Å². The smallest absolute Gasteiger partial charge is 0.421 e. The number of carbonyl (C=O) groups excluding carboxylic acids is 2. The Hall–Kier alpha value is -3.25. The molecule has 0 bridgehead atoms. The van der Waals surface area contributed by atoms with Gasteiger partial charge in [-0.1, -0.05) is 60.3 Å². The lowest BCUT2D eigenvalue weighted by Gasteiger charge is -2.29. The van der Waals surface area contributed by atoms with Gasteiger partial charge in [0.05, 0.1) is 12.8 Å². The molecule has 5 nitrogen and oxygen atoms in total. The minimum Gasteiger partial charge on any atom is -0.497 e. The molecular formula is C26H25NO4S. The van der Waals surface area contributed by atoms with Crippen LogP contribution in [0.5, 0.6) is 5.75 Å². The molecule has 0 saturated heterocycles. The van der Waals surface area contributed by atoms with Crippen molar-refractivity contribution in [3.05, 3.63) is 90.0 Å². The molecule has 0 aliphatic carbocycles. The number of methoxy groups -OCH3 is 1. The second kappa shape index (κ2) is 8.36. The lowest BCUT2D eigenvalue weighted by atomic mass is 9.91. The van der Waals surface area contributed by atoms with Gasteiger partial charge < -0.3 is 9.47 Å². The molecule has 0 fully saturated rings. The van der Waals surface area contributed by atoms with E-state index >= 15 is 0 Å². The van der Waals surface area contributed by atoms with E-state index < -0.39 is 16.4 Å². The number of benzene rings is 3. The monoisotopic (exact) mass is 447 g/mol. The van der Waals surface area contributed by atoms with Crippen LogP contribution in [0.25, 0.3) is 0 Å². The fourth-order valence-electron chi connectivity index (χ4n) is 3.77. The Labute approximate surface area is 192 Å². The highest BCUT2D eigenvalue weighted by Crippen LogP contribution is 2.55. The number of hydrogen-bond donors (Lipinski definition) is 0. The highest BCUT2D eigenvalue weighted by atomic mass is 32.2. The molecule has 0 radical (unpaired) electrons. The first kappa shape index (κ1) is 22.0. The van der Waals surface area contributed by atoms with Crippen LogP contribution in [0.15, 0.2) is 83.8 Å². The summed E-state index contributed by atoms with van der Waals surface area (Å²) in [5.41, 5.74) is 1.36. The van der Waals surface area contributed by atoms with Crippen LogP contribution in [0.1, 0.15) is 31.9 Å². The van der Waals surface area contributed by atoms with Crippen LogP contribution in [0.2, 0.25) is 0 Å². The zero-order chi connectivity index (χ0) is 22.9. The lowest BCUT2D eigenvalue weighted by Crippen LogP contribution is -2.44. The van der Waals surface area contributed by atoms with E-state index in [1.807, 2.05) is 72.8 Å². The molecule has 6 heteroatoms. The van der Waals surface area contributed by atoms with Crippen molar-refractivity contribution in [3.63, 3.8) is 0 Å². The van der Waals surface area contributed by atoms with Crippen molar-refractivity contribution >= 4 is 29.4 Å². The number of nitrogens with zero attached hydrogens (tertiary/aromatic N) is 1. The topological polar surface area (TPSA) is 55.8 Å². The Morgan fingerprint density at radius 1 is 0.906 bits per heavy atom. The summed E-state index contributed by atoms with van der Waals surface area (Å²) < 4.78 is 9.74. The van der Waals surface area contributed by atoms with Crippen molar-refractivity contribution in [2.24, 2.45) is 0 Å². The molecule has 1 heterocycles. The first-order valence-electron chi connectivity index (χ1n) is 10.3. The molecule has 0 N–H and O–H groups in total. The number of ether oxygens (including phenoxy) is 2. The molecule has 0 saturated carbocycles. The van der Waals surface area contributed by atoms with E-state index in [2.05, 4.69) is 0 Å². The van der Waals surface area contributed by atoms with E-state index in [0.29, 0.717) is 5.69 Å². The van der Waals surface area contributed by atoms with Crippen LogP contribution in [0, 0.1) is 0 Å². The van der Waals surface area contributed by atoms with Crippen molar-refractivity contribution in [2.45, 2.75) is 36.0 Å². The van der Waals surface area contributed by atoms with Crippen LogP contribution in [0.3, 0.4) is 0 Å². The van der Waals surface area contributed by atoms with E-state index in [1.165, 1.54) is 16.7 Å². The second-order valence-electron chi connectivity index (χ2n) is 8.46. The summed E-state index contributed by atoms with van der Waals surface area (Å²) in [6.07, 6.45) is -0.678. The Kier molecular flexibility index (Phi) is 5.73. The normalized spacial score (nSPS) is 17.8. The molecule has 1 aliphatic rings. The van der Waals surface area contributed by atoms with E-state index in [9.17, 15) is 9.59 Å². The summed E-state index contributed by atoms with van der Waals surface area (Å²) in [5, 5.41) is 0. The van der Waals surface area contributed by atoms with Gasteiger partial charge in [-0.25, -0.2) is 9.69 Å². The maximum Gasteiger partial charge on any atom is 0.421 e.